The average Bonchev–Trinajstić information content (AvgIpc) is 2.76. The summed E-state index contributed by atoms with van der Waals surface area (Å²) in [6, 6.07) is 16.5. The first-order valence-corrected chi connectivity index (χ1v) is 11.5. The second kappa shape index (κ2) is 9.64. The third kappa shape index (κ3) is 5.34. The molecule has 3 aromatic rings. The Balaban J connectivity index is 1.33. The van der Waals surface area contributed by atoms with E-state index in [2.05, 4.69) is 32.6 Å². The molecule has 31 heavy (non-hydrogen) atoms. The van der Waals surface area contributed by atoms with Gasteiger partial charge in [0.1, 0.15) is 5.82 Å². The number of anilines is 2. The molecule has 1 aliphatic rings. The lowest BCUT2D eigenvalue weighted by molar-refractivity contribution is -0.121. The summed E-state index contributed by atoms with van der Waals surface area (Å²) in [5, 5.41) is 7.77. The smallest absolute Gasteiger partial charge is 0.225 e. The van der Waals surface area contributed by atoms with Crippen molar-refractivity contribution in [3.63, 3.8) is 0 Å². The van der Waals surface area contributed by atoms with E-state index in [1.165, 1.54) is 0 Å². The zero-order chi connectivity index (χ0) is 21.8. The van der Waals surface area contributed by atoms with Gasteiger partial charge in [0.2, 0.25) is 11.9 Å². The highest BCUT2D eigenvalue weighted by atomic mass is 79.9. The van der Waals surface area contributed by atoms with Crippen molar-refractivity contribution in [3.05, 3.63) is 58.6 Å². The van der Waals surface area contributed by atoms with E-state index in [9.17, 15) is 4.79 Å². The maximum atomic E-state index is 12.5. The first kappa shape index (κ1) is 21.6. The van der Waals surface area contributed by atoms with Crippen molar-refractivity contribution < 1.29 is 4.79 Å². The molecule has 1 heterocycles. The van der Waals surface area contributed by atoms with Crippen LogP contribution >= 0.6 is 15.9 Å². The highest BCUT2D eigenvalue weighted by Crippen LogP contribution is 2.26. The fraction of sp³-hybridized carbons (Fsp3) is 0.375. The Hall–Kier alpha value is -2.67. The number of halogens is 1. The fourth-order valence-corrected chi connectivity index (χ4v) is 4.55. The molecule has 0 radical (unpaired) electrons. The number of benzene rings is 2. The summed E-state index contributed by atoms with van der Waals surface area (Å²) in [7, 11) is 4.00. The van der Waals surface area contributed by atoms with Gasteiger partial charge in [-0.3, -0.25) is 4.79 Å². The summed E-state index contributed by atoms with van der Waals surface area (Å²) in [5.74, 6) is 1.67. The monoisotopic (exact) mass is 481 g/mol. The molecule has 0 spiro atoms. The van der Waals surface area contributed by atoms with Gasteiger partial charge >= 0.3 is 0 Å². The van der Waals surface area contributed by atoms with Crippen LogP contribution in [-0.4, -0.2) is 42.1 Å². The molecular weight excluding hydrogens is 454 g/mol. The van der Waals surface area contributed by atoms with E-state index in [0.29, 0.717) is 18.4 Å². The molecule has 7 heteroatoms. The minimum atomic E-state index is 0.0804. The Morgan fingerprint density at radius 2 is 1.68 bits per heavy atom. The number of fused-ring (bicyclic) bond motifs is 1. The van der Waals surface area contributed by atoms with Crippen molar-refractivity contribution in [1.29, 1.82) is 0 Å². The van der Waals surface area contributed by atoms with Gasteiger partial charge in [-0.2, -0.15) is 4.98 Å². The molecule has 1 aliphatic carbocycles. The number of para-hydroxylation sites is 1. The standard InChI is InChI=1S/C24H28BrN5O/c1-30(2)23-19-8-4-6-10-21(19)28-24(29-23)27-18-13-11-17(12-14-18)26-22(31)15-16-7-3-5-9-20(16)25/h3-10,17-18H,11-15H2,1-2H3,(H,26,31)(H,27,28,29)/t17-,18+. The quantitative estimate of drug-likeness (QED) is 0.540. The van der Waals surface area contributed by atoms with Gasteiger partial charge in [-0.15, -0.1) is 0 Å². The maximum absolute atomic E-state index is 12.5. The van der Waals surface area contributed by atoms with Gasteiger partial charge in [-0.1, -0.05) is 46.3 Å². The zero-order valence-corrected chi connectivity index (χ0v) is 19.5. The Morgan fingerprint density at radius 3 is 2.42 bits per heavy atom. The van der Waals surface area contributed by atoms with Gasteiger partial charge in [0, 0.05) is 36.0 Å². The van der Waals surface area contributed by atoms with E-state index in [0.717, 1.165) is 52.4 Å². The lowest BCUT2D eigenvalue weighted by Crippen LogP contribution is -2.41. The van der Waals surface area contributed by atoms with Crippen LogP contribution in [-0.2, 0) is 11.2 Å². The van der Waals surface area contributed by atoms with E-state index in [-0.39, 0.29) is 11.9 Å². The molecule has 162 valence electrons. The fourth-order valence-electron chi connectivity index (χ4n) is 4.12. The van der Waals surface area contributed by atoms with Crippen molar-refractivity contribution in [3.8, 4) is 0 Å². The van der Waals surface area contributed by atoms with Crippen LogP contribution < -0.4 is 15.5 Å². The highest BCUT2D eigenvalue weighted by molar-refractivity contribution is 9.10. The summed E-state index contributed by atoms with van der Waals surface area (Å²) in [4.78, 5) is 23.9. The van der Waals surface area contributed by atoms with E-state index < -0.39 is 0 Å². The molecule has 0 aliphatic heterocycles. The Bertz CT molecular complexity index is 1060. The molecule has 1 amide bonds. The maximum Gasteiger partial charge on any atom is 0.225 e. The number of nitrogens with one attached hydrogen (secondary N) is 2. The molecule has 1 aromatic heterocycles. The third-order valence-corrected chi connectivity index (χ3v) is 6.51. The SMILES string of the molecule is CN(C)c1nc(N[C@H]2CC[C@@H](NC(=O)Cc3ccccc3Br)CC2)nc2ccccc12. The van der Waals surface area contributed by atoms with E-state index >= 15 is 0 Å². The van der Waals surface area contributed by atoms with Gasteiger partial charge < -0.3 is 15.5 Å². The molecule has 4 rings (SSSR count). The van der Waals surface area contributed by atoms with Crippen molar-refractivity contribution in [2.24, 2.45) is 0 Å². The summed E-state index contributed by atoms with van der Waals surface area (Å²) in [5.41, 5.74) is 1.96. The largest absolute Gasteiger partial charge is 0.362 e. The number of nitrogens with zero attached hydrogens (tertiary/aromatic N) is 3. The second-order valence-electron chi connectivity index (χ2n) is 8.31. The van der Waals surface area contributed by atoms with Gasteiger partial charge in [0.15, 0.2) is 0 Å². The minimum absolute atomic E-state index is 0.0804. The molecule has 1 fully saturated rings. The van der Waals surface area contributed by atoms with Crippen LogP contribution in [0.1, 0.15) is 31.2 Å². The predicted octanol–water partition coefficient (Wildman–Crippen LogP) is 4.54. The molecule has 0 saturated heterocycles. The zero-order valence-electron chi connectivity index (χ0n) is 17.9. The van der Waals surface area contributed by atoms with Crippen molar-refractivity contribution >= 4 is 44.5 Å². The van der Waals surface area contributed by atoms with Crippen molar-refractivity contribution in [2.45, 2.75) is 44.2 Å². The Kier molecular flexibility index (Phi) is 6.70. The number of aromatic nitrogens is 2. The minimum Gasteiger partial charge on any atom is -0.362 e. The molecule has 0 unspecified atom stereocenters. The number of hydrogen-bond donors (Lipinski definition) is 2. The molecule has 2 N–H and O–H groups in total. The summed E-state index contributed by atoms with van der Waals surface area (Å²) >= 11 is 3.52. The Morgan fingerprint density at radius 1 is 1.00 bits per heavy atom. The molecule has 1 saturated carbocycles. The molecule has 2 aromatic carbocycles. The van der Waals surface area contributed by atoms with Gasteiger partial charge in [0.25, 0.3) is 0 Å². The molecule has 6 nitrogen and oxygen atoms in total. The number of amides is 1. The second-order valence-corrected chi connectivity index (χ2v) is 9.17. The van der Waals surface area contributed by atoms with E-state index in [1.54, 1.807) is 0 Å². The number of carbonyl (C=O) groups excluding carboxylic acids is 1. The summed E-state index contributed by atoms with van der Waals surface area (Å²) in [6.45, 7) is 0. The molecule has 0 bridgehead atoms. The van der Waals surface area contributed by atoms with E-state index in [4.69, 9.17) is 9.97 Å². The van der Waals surface area contributed by atoms with Crippen LogP contribution in [0.3, 0.4) is 0 Å². The predicted molar refractivity (Wildman–Crippen MR) is 130 cm³/mol. The first-order valence-electron chi connectivity index (χ1n) is 10.7. The summed E-state index contributed by atoms with van der Waals surface area (Å²) in [6.07, 6.45) is 4.26. The van der Waals surface area contributed by atoms with Crippen LogP contribution in [0.4, 0.5) is 11.8 Å². The van der Waals surface area contributed by atoms with Crippen LogP contribution in [0.2, 0.25) is 0 Å². The van der Waals surface area contributed by atoms with Crippen molar-refractivity contribution in [1.82, 2.24) is 15.3 Å². The van der Waals surface area contributed by atoms with Gasteiger partial charge in [-0.25, -0.2) is 4.98 Å². The number of rotatable bonds is 6. The lowest BCUT2D eigenvalue weighted by Gasteiger charge is -2.30. The molecule has 0 atom stereocenters. The Labute approximate surface area is 191 Å². The normalized spacial score (nSPS) is 18.5. The van der Waals surface area contributed by atoms with Gasteiger partial charge in [0.05, 0.1) is 11.9 Å². The highest BCUT2D eigenvalue weighted by Gasteiger charge is 2.23. The lowest BCUT2D eigenvalue weighted by atomic mass is 9.91. The van der Waals surface area contributed by atoms with E-state index in [1.807, 2.05) is 61.5 Å². The number of hydrogen-bond acceptors (Lipinski definition) is 5. The van der Waals surface area contributed by atoms with Crippen LogP contribution in [0.25, 0.3) is 10.9 Å². The molecular formula is C24H28BrN5O. The van der Waals surface area contributed by atoms with Crippen molar-refractivity contribution in [2.75, 3.05) is 24.3 Å². The van der Waals surface area contributed by atoms with Crippen LogP contribution in [0.15, 0.2) is 53.0 Å². The van der Waals surface area contributed by atoms with Crippen LogP contribution in [0.5, 0.6) is 0 Å². The topological polar surface area (TPSA) is 70.2 Å². The third-order valence-electron chi connectivity index (χ3n) is 5.74. The first-order chi connectivity index (χ1) is 15.0. The summed E-state index contributed by atoms with van der Waals surface area (Å²) < 4.78 is 0.977. The van der Waals surface area contributed by atoms with Crippen LogP contribution in [0, 0.1) is 0 Å². The average molecular weight is 482 g/mol. The van der Waals surface area contributed by atoms with Gasteiger partial charge in [-0.05, 0) is 49.4 Å². The number of carbonyl (C=O) groups is 1.